The van der Waals surface area contributed by atoms with Gasteiger partial charge in [0.2, 0.25) is 0 Å². The van der Waals surface area contributed by atoms with Gasteiger partial charge in [0.25, 0.3) is 0 Å². The zero-order valence-electron chi connectivity index (χ0n) is 12.7. The molecule has 1 atom stereocenters. The van der Waals surface area contributed by atoms with Crippen molar-refractivity contribution in [3.05, 3.63) is 17.7 Å². The van der Waals surface area contributed by atoms with Crippen molar-refractivity contribution in [3.63, 3.8) is 0 Å². The van der Waals surface area contributed by atoms with Gasteiger partial charge in [0.15, 0.2) is 0 Å². The zero-order chi connectivity index (χ0) is 14.4. The lowest BCUT2D eigenvalue weighted by Crippen LogP contribution is -2.41. The molecule has 5 nitrogen and oxygen atoms in total. The molecule has 0 aromatic carbocycles. The van der Waals surface area contributed by atoms with E-state index in [9.17, 15) is 4.79 Å². The van der Waals surface area contributed by atoms with Crippen LogP contribution in [0.25, 0.3) is 0 Å². The summed E-state index contributed by atoms with van der Waals surface area (Å²) < 4.78 is 0. The average Bonchev–Trinajstić information content (AvgIpc) is 2.72. The van der Waals surface area contributed by atoms with Crippen LogP contribution in [0.1, 0.15) is 45.1 Å². The molecule has 0 bridgehead atoms. The standard InChI is InChI=1S/C14H26N4O/c1-10(2)6-7-11(3)17-14(19)18(5)9-13-15-8-12(4)16-13/h8,10-11H,6-7,9H2,1-5H3,(H,15,16)(H,17,19)/t11-/m0/s1. The SMILES string of the molecule is Cc1cnc(CN(C)C(=O)N[C@@H](C)CCC(C)C)[nH]1. The average molecular weight is 266 g/mol. The molecule has 0 saturated carbocycles. The van der Waals surface area contributed by atoms with Gasteiger partial charge in [-0.15, -0.1) is 0 Å². The Morgan fingerprint density at radius 1 is 1.42 bits per heavy atom. The van der Waals surface area contributed by atoms with Gasteiger partial charge in [0, 0.05) is 25.0 Å². The fourth-order valence-electron chi connectivity index (χ4n) is 1.82. The molecule has 1 rings (SSSR count). The van der Waals surface area contributed by atoms with E-state index in [2.05, 4.69) is 29.1 Å². The van der Waals surface area contributed by atoms with E-state index in [1.54, 1.807) is 18.1 Å². The molecular weight excluding hydrogens is 240 g/mol. The third-order valence-electron chi connectivity index (χ3n) is 3.04. The number of aromatic nitrogens is 2. The Labute approximate surface area is 115 Å². The minimum Gasteiger partial charge on any atom is -0.345 e. The summed E-state index contributed by atoms with van der Waals surface area (Å²) >= 11 is 0. The molecule has 0 aliphatic rings. The fourth-order valence-corrected chi connectivity index (χ4v) is 1.82. The molecule has 0 radical (unpaired) electrons. The number of carbonyl (C=O) groups excluding carboxylic acids is 1. The van der Waals surface area contributed by atoms with Crippen LogP contribution in [0.3, 0.4) is 0 Å². The van der Waals surface area contributed by atoms with Crippen molar-refractivity contribution in [3.8, 4) is 0 Å². The van der Waals surface area contributed by atoms with E-state index >= 15 is 0 Å². The van der Waals surface area contributed by atoms with Crippen LogP contribution in [0.4, 0.5) is 4.79 Å². The molecule has 0 fully saturated rings. The molecular formula is C14H26N4O. The monoisotopic (exact) mass is 266 g/mol. The van der Waals surface area contributed by atoms with Gasteiger partial charge in [-0.3, -0.25) is 0 Å². The molecule has 0 spiro atoms. The van der Waals surface area contributed by atoms with Gasteiger partial charge in [-0.1, -0.05) is 13.8 Å². The normalized spacial score (nSPS) is 12.5. The number of aryl methyl sites for hydroxylation is 1. The number of rotatable bonds is 6. The van der Waals surface area contributed by atoms with Gasteiger partial charge in [-0.25, -0.2) is 9.78 Å². The Morgan fingerprint density at radius 2 is 2.11 bits per heavy atom. The second-order valence-corrected chi connectivity index (χ2v) is 5.69. The molecule has 0 aliphatic carbocycles. The number of imidazole rings is 1. The van der Waals surface area contributed by atoms with E-state index < -0.39 is 0 Å². The molecule has 0 aliphatic heterocycles. The van der Waals surface area contributed by atoms with E-state index in [1.807, 2.05) is 13.8 Å². The second-order valence-electron chi connectivity index (χ2n) is 5.69. The predicted octanol–water partition coefficient (Wildman–Crippen LogP) is 2.68. The lowest BCUT2D eigenvalue weighted by atomic mass is 10.0. The number of aromatic amines is 1. The zero-order valence-corrected chi connectivity index (χ0v) is 12.7. The summed E-state index contributed by atoms with van der Waals surface area (Å²) in [5.74, 6) is 1.48. The quantitative estimate of drug-likeness (QED) is 0.831. The molecule has 0 saturated heterocycles. The van der Waals surface area contributed by atoms with Crippen molar-refractivity contribution < 1.29 is 4.79 Å². The summed E-state index contributed by atoms with van der Waals surface area (Å²) in [5, 5.41) is 3.01. The highest BCUT2D eigenvalue weighted by Gasteiger charge is 2.13. The highest BCUT2D eigenvalue weighted by atomic mass is 16.2. The van der Waals surface area contributed by atoms with Crippen LogP contribution in [-0.4, -0.2) is 34.0 Å². The van der Waals surface area contributed by atoms with Crippen LogP contribution in [0.2, 0.25) is 0 Å². The number of nitrogens with zero attached hydrogens (tertiary/aromatic N) is 2. The number of amides is 2. The number of hydrogen-bond donors (Lipinski definition) is 2. The third-order valence-corrected chi connectivity index (χ3v) is 3.04. The molecule has 1 heterocycles. The number of H-pyrrole nitrogens is 1. The van der Waals surface area contributed by atoms with Gasteiger partial charge in [0.05, 0.1) is 6.54 Å². The lowest BCUT2D eigenvalue weighted by molar-refractivity contribution is 0.201. The van der Waals surface area contributed by atoms with Crippen molar-refractivity contribution in [2.24, 2.45) is 5.92 Å². The maximum absolute atomic E-state index is 12.0. The molecule has 5 heteroatoms. The Kier molecular flexibility index (Phi) is 5.86. The van der Waals surface area contributed by atoms with Crippen LogP contribution in [0.15, 0.2) is 6.20 Å². The summed E-state index contributed by atoms with van der Waals surface area (Å²) in [7, 11) is 1.78. The van der Waals surface area contributed by atoms with Gasteiger partial charge in [0.1, 0.15) is 5.82 Å². The Morgan fingerprint density at radius 3 is 2.63 bits per heavy atom. The summed E-state index contributed by atoms with van der Waals surface area (Å²) in [6.45, 7) is 8.88. The smallest absolute Gasteiger partial charge is 0.317 e. The third kappa shape index (κ3) is 5.77. The fraction of sp³-hybridized carbons (Fsp3) is 0.714. The van der Waals surface area contributed by atoms with Crippen LogP contribution in [0, 0.1) is 12.8 Å². The Bertz CT molecular complexity index is 400. The molecule has 0 unspecified atom stereocenters. The first-order chi connectivity index (χ1) is 8.88. The Balaban J connectivity index is 2.35. The summed E-state index contributed by atoms with van der Waals surface area (Å²) in [6, 6.07) is 0.154. The first-order valence-corrected chi connectivity index (χ1v) is 6.90. The first-order valence-electron chi connectivity index (χ1n) is 6.90. The maximum atomic E-state index is 12.0. The van der Waals surface area contributed by atoms with Crippen molar-refractivity contribution in [2.75, 3.05) is 7.05 Å². The van der Waals surface area contributed by atoms with Gasteiger partial charge >= 0.3 is 6.03 Å². The minimum atomic E-state index is -0.0506. The van der Waals surface area contributed by atoms with E-state index in [1.165, 1.54) is 0 Å². The number of carbonyl (C=O) groups is 1. The van der Waals surface area contributed by atoms with Crippen molar-refractivity contribution in [1.82, 2.24) is 20.2 Å². The number of nitrogens with one attached hydrogen (secondary N) is 2. The van der Waals surface area contributed by atoms with E-state index in [0.29, 0.717) is 12.5 Å². The minimum absolute atomic E-state index is 0.0506. The van der Waals surface area contributed by atoms with Gasteiger partial charge < -0.3 is 15.2 Å². The summed E-state index contributed by atoms with van der Waals surface area (Å²) in [5.41, 5.74) is 1.01. The summed E-state index contributed by atoms with van der Waals surface area (Å²) in [6.07, 6.45) is 3.91. The molecule has 19 heavy (non-hydrogen) atoms. The molecule has 2 N–H and O–H groups in total. The van der Waals surface area contributed by atoms with E-state index in [-0.39, 0.29) is 12.1 Å². The van der Waals surface area contributed by atoms with Crippen LogP contribution in [0.5, 0.6) is 0 Å². The van der Waals surface area contributed by atoms with E-state index in [4.69, 9.17) is 0 Å². The summed E-state index contributed by atoms with van der Waals surface area (Å²) in [4.78, 5) is 20.9. The van der Waals surface area contributed by atoms with Crippen molar-refractivity contribution >= 4 is 6.03 Å². The van der Waals surface area contributed by atoms with Crippen molar-refractivity contribution in [2.45, 2.75) is 53.1 Å². The van der Waals surface area contributed by atoms with Crippen LogP contribution < -0.4 is 5.32 Å². The highest BCUT2D eigenvalue weighted by molar-refractivity contribution is 5.74. The van der Waals surface area contributed by atoms with Gasteiger partial charge in [-0.2, -0.15) is 0 Å². The van der Waals surface area contributed by atoms with E-state index in [0.717, 1.165) is 24.4 Å². The molecule has 1 aromatic rings. The Hall–Kier alpha value is -1.52. The maximum Gasteiger partial charge on any atom is 0.317 e. The van der Waals surface area contributed by atoms with Crippen LogP contribution in [-0.2, 0) is 6.54 Å². The van der Waals surface area contributed by atoms with Crippen molar-refractivity contribution in [1.29, 1.82) is 0 Å². The second kappa shape index (κ2) is 7.16. The lowest BCUT2D eigenvalue weighted by Gasteiger charge is -2.21. The number of urea groups is 1. The largest absolute Gasteiger partial charge is 0.345 e. The highest BCUT2D eigenvalue weighted by Crippen LogP contribution is 2.07. The predicted molar refractivity (Wildman–Crippen MR) is 76.9 cm³/mol. The number of hydrogen-bond acceptors (Lipinski definition) is 2. The van der Waals surface area contributed by atoms with Gasteiger partial charge in [-0.05, 0) is 32.6 Å². The topological polar surface area (TPSA) is 61.0 Å². The molecule has 108 valence electrons. The molecule has 2 amide bonds. The molecule has 1 aromatic heterocycles. The first kappa shape index (κ1) is 15.5. The van der Waals surface area contributed by atoms with Crippen LogP contribution >= 0.6 is 0 Å².